The summed E-state index contributed by atoms with van der Waals surface area (Å²) in [7, 11) is 0. The molecule has 0 spiro atoms. The minimum absolute atomic E-state index is 0.109. The number of nitrogens with one attached hydrogen (secondary N) is 3. The van der Waals surface area contributed by atoms with Crippen LogP contribution in [0.2, 0.25) is 0 Å². The molecule has 0 unspecified atom stereocenters. The van der Waals surface area contributed by atoms with Gasteiger partial charge in [0.1, 0.15) is 5.58 Å². The quantitative estimate of drug-likeness (QED) is 0.550. The number of anilines is 1. The number of amides is 2. The molecule has 6 nitrogen and oxygen atoms in total. The van der Waals surface area contributed by atoms with Gasteiger partial charge >= 0.3 is 0 Å². The summed E-state index contributed by atoms with van der Waals surface area (Å²) in [5, 5.41) is 6.70. The van der Waals surface area contributed by atoms with E-state index in [-0.39, 0.29) is 11.8 Å². The summed E-state index contributed by atoms with van der Waals surface area (Å²) in [6.07, 6.45) is 0. The molecule has 1 heterocycles. The van der Waals surface area contributed by atoms with Crippen LogP contribution < -0.4 is 15.5 Å². The second-order valence-electron chi connectivity index (χ2n) is 7.05. The van der Waals surface area contributed by atoms with Gasteiger partial charge in [-0.1, -0.05) is 18.2 Å². The van der Waals surface area contributed by atoms with E-state index >= 15 is 0 Å². The minimum Gasteiger partial charge on any atom is -0.451 e. The lowest BCUT2D eigenvalue weighted by atomic mass is 10.1. The molecule has 0 aliphatic heterocycles. The van der Waals surface area contributed by atoms with Gasteiger partial charge in [0.15, 0.2) is 5.76 Å². The smallest absolute Gasteiger partial charge is 0.291 e. The number of carbonyl (C=O) groups excluding carboxylic acids is 2. The summed E-state index contributed by atoms with van der Waals surface area (Å²) < 4.78 is 5.70. The maximum atomic E-state index is 12.6. The minimum atomic E-state index is -0.307. The van der Waals surface area contributed by atoms with E-state index in [1.54, 1.807) is 24.3 Å². The number of furan rings is 1. The Bertz CT molecular complexity index is 988. The summed E-state index contributed by atoms with van der Waals surface area (Å²) in [5.74, 6) is -0.118. The number of likely N-dealkylation sites (N-methyl/N-ethyl adjacent to an activating group) is 1. The molecule has 3 N–H and O–H groups in total. The zero-order valence-electron chi connectivity index (χ0n) is 17.2. The first-order valence-corrected chi connectivity index (χ1v) is 10.0. The molecule has 6 heteroatoms. The predicted octanol–water partition coefficient (Wildman–Crippen LogP) is 2.65. The van der Waals surface area contributed by atoms with E-state index in [0.29, 0.717) is 29.1 Å². The van der Waals surface area contributed by atoms with Crippen LogP contribution in [0.1, 0.15) is 40.3 Å². The summed E-state index contributed by atoms with van der Waals surface area (Å²) in [5.41, 5.74) is 2.68. The first kappa shape index (κ1) is 20.6. The van der Waals surface area contributed by atoms with E-state index in [9.17, 15) is 9.59 Å². The Kier molecular flexibility index (Phi) is 6.67. The predicted molar refractivity (Wildman–Crippen MR) is 115 cm³/mol. The molecule has 0 aliphatic rings. The molecule has 0 bridgehead atoms. The maximum absolute atomic E-state index is 12.6. The van der Waals surface area contributed by atoms with E-state index in [2.05, 4.69) is 24.5 Å². The molecule has 0 fully saturated rings. The van der Waals surface area contributed by atoms with E-state index in [1.165, 1.54) is 4.90 Å². The van der Waals surface area contributed by atoms with Gasteiger partial charge in [-0.3, -0.25) is 9.59 Å². The lowest BCUT2D eigenvalue weighted by Crippen LogP contribution is -3.12. The third-order valence-corrected chi connectivity index (χ3v) is 5.22. The van der Waals surface area contributed by atoms with Crippen LogP contribution in [0.25, 0.3) is 11.0 Å². The monoisotopic (exact) mass is 394 g/mol. The van der Waals surface area contributed by atoms with Crippen molar-refractivity contribution in [2.45, 2.75) is 20.8 Å². The largest absolute Gasteiger partial charge is 0.451 e. The number of carbonyl (C=O) groups is 2. The van der Waals surface area contributed by atoms with Gasteiger partial charge in [0.2, 0.25) is 0 Å². The van der Waals surface area contributed by atoms with Crippen molar-refractivity contribution >= 4 is 28.5 Å². The van der Waals surface area contributed by atoms with Gasteiger partial charge in [-0.15, -0.1) is 0 Å². The standard InChI is InChI=1S/C23H27N3O3/c1-4-26(5-2)15-14-24-22(27)17-10-12-18(13-11-17)25-23(28)21-16(3)19-8-6-7-9-20(19)29-21/h6-13H,4-5,14-15H2,1-3H3,(H,24,27)(H,25,28)/p+1. The fourth-order valence-electron chi connectivity index (χ4n) is 3.34. The van der Waals surface area contributed by atoms with Crippen LogP contribution in [-0.4, -0.2) is 38.0 Å². The Morgan fingerprint density at radius 3 is 2.31 bits per heavy atom. The number of para-hydroxylation sites is 1. The van der Waals surface area contributed by atoms with Crippen LogP contribution in [0.5, 0.6) is 0 Å². The summed E-state index contributed by atoms with van der Waals surface area (Å²) in [4.78, 5) is 26.3. The average molecular weight is 394 g/mol. The molecule has 1 aromatic heterocycles. The zero-order valence-corrected chi connectivity index (χ0v) is 17.2. The van der Waals surface area contributed by atoms with Crippen molar-refractivity contribution in [1.82, 2.24) is 5.32 Å². The Labute approximate surface area is 170 Å². The van der Waals surface area contributed by atoms with Gasteiger partial charge in [0, 0.05) is 22.2 Å². The SMILES string of the molecule is CC[NH+](CC)CCNC(=O)c1ccc(NC(=O)c2oc3ccccc3c2C)cc1. The van der Waals surface area contributed by atoms with Crippen molar-refractivity contribution in [3.05, 3.63) is 65.4 Å². The zero-order chi connectivity index (χ0) is 20.8. The van der Waals surface area contributed by atoms with Gasteiger partial charge in [0.25, 0.3) is 11.8 Å². The third-order valence-electron chi connectivity index (χ3n) is 5.22. The van der Waals surface area contributed by atoms with Crippen molar-refractivity contribution in [3.63, 3.8) is 0 Å². The molecule has 2 aromatic carbocycles. The molecule has 0 aliphatic carbocycles. The van der Waals surface area contributed by atoms with Crippen LogP contribution in [0.3, 0.4) is 0 Å². The normalized spacial score (nSPS) is 11.0. The highest BCUT2D eigenvalue weighted by Gasteiger charge is 2.17. The first-order chi connectivity index (χ1) is 14.0. The molecule has 152 valence electrons. The number of fused-ring (bicyclic) bond motifs is 1. The van der Waals surface area contributed by atoms with Crippen LogP contribution in [0.4, 0.5) is 5.69 Å². The lowest BCUT2D eigenvalue weighted by molar-refractivity contribution is -0.895. The maximum Gasteiger partial charge on any atom is 0.291 e. The highest BCUT2D eigenvalue weighted by molar-refractivity contribution is 6.06. The molecular weight excluding hydrogens is 366 g/mol. The van der Waals surface area contributed by atoms with Crippen LogP contribution >= 0.6 is 0 Å². The molecule has 0 atom stereocenters. The van der Waals surface area contributed by atoms with Gasteiger partial charge in [-0.25, -0.2) is 0 Å². The Morgan fingerprint density at radius 1 is 0.966 bits per heavy atom. The number of hydrogen-bond donors (Lipinski definition) is 3. The Balaban J connectivity index is 1.60. The van der Waals surface area contributed by atoms with Gasteiger partial charge in [-0.2, -0.15) is 0 Å². The number of benzene rings is 2. The fourth-order valence-corrected chi connectivity index (χ4v) is 3.34. The summed E-state index contributed by atoms with van der Waals surface area (Å²) in [6.45, 7) is 9.79. The summed E-state index contributed by atoms with van der Waals surface area (Å²) >= 11 is 0. The van der Waals surface area contributed by atoms with Crippen molar-refractivity contribution in [2.24, 2.45) is 0 Å². The average Bonchev–Trinajstić information content (AvgIpc) is 3.08. The van der Waals surface area contributed by atoms with Crippen molar-refractivity contribution in [3.8, 4) is 0 Å². The van der Waals surface area contributed by atoms with Crippen LogP contribution in [0.15, 0.2) is 52.9 Å². The van der Waals surface area contributed by atoms with Crippen LogP contribution in [-0.2, 0) is 0 Å². The molecule has 2 amide bonds. The number of hydrogen-bond acceptors (Lipinski definition) is 3. The molecule has 0 radical (unpaired) electrons. The van der Waals surface area contributed by atoms with Crippen LogP contribution in [0, 0.1) is 6.92 Å². The Hall–Kier alpha value is -3.12. The highest BCUT2D eigenvalue weighted by Crippen LogP contribution is 2.25. The van der Waals surface area contributed by atoms with Gasteiger partial charge < -0.3 is 20.0 Å². The number of quaternary nitrogens is 1. The molecule has 0 saturated heterocycles. The fraction of sp³-hybridized carbons (Fsp3) is 0.304. The molecule has 29 heavy (non-hydrogen) atoms. The second-order valence-corrected chi connectivity index (χ2v) is 7.05. The molecule has 0 saturated carbocycles. The summed E-state index contributed by atoms with van der Waals surface area (Å²) in [6, 6.07) is 14.4. The van der Waals surface area contributed by atoms with E-state index in [1.807, 2.05) is 31.2 Å². The van der Waals surface area contributed by atoms with Crippen molar-refractivity contribution in [1.29, 1.82) is 0 Å². The van der Waals surface area contributed by atoms with Crippen molar-refractivity contribution in [2.75, 3.05) is 31.5 Å². The third kappa shape index (κ3) is 4.84. The second kappa shape index (κ2) is 9.39. The topological polar surface area (TPSA) is 75.8 Å². The van der Waals surface area contributed by atoms with Gasteiger partial charge in [-0.05, 0) is 51.1 Å². The highest BCUT2D eigenvalue weighted by atomic mass is 16.3. The lowest BCUT2D eigenvalue weighted by Gasteiger charge is -2.15. The van der Waals surface area contributed by atoms with E-state index in [4.69, 9.17) is 4.42 Å². The molecule has 3 rings (SSSR count). The van der Waals surface area contributed by atoms with Gasteiger partial charge in [0.05, 0.1) is 26.2 Å². The Morgan fingerprint density at radius 2 is 1.66 bits per heavy atom. The molecule has 3 aromatic rings. The number of aryl methyl sites for hydroxylation is 1. The van der Waals surface area contributed by atoms with Crippen molar-refractivity contribution < 1.29 is 18.9 Å². The van der Waals surface area contributed by atoms with E-state index in [0.717, 1.165) is 30.6 Å². The molecular formula is C23H28N3O3+. The van der Waals surface area contributed by atoms with E-state index < -0.39 is 0 Å². The first-order valence-electron chi connectivity index (χ1n) is 10.0. The number of rotatable bonds is 8.